The predicted octanol–water partition coefficient (Wildman–Crippen LogP) is 1.63. The number of aldehydes is 1. The molecule has 1 N–H and O–H groups in total. The molecule has 0 saturated carbocycles. The Bertz CT molecular complexity index is 386. The number of aliphatic hydroxyl groups is 1. The van der Waals surface area contributed by atoms with Gasteiger partial charge in [0.05, 0.1) is 21.5 Å². The topological polar surface area (TPSA) is 55.1 Å². The van der Waals surface area contributed by atoms with Gasteiger partial charge in [0.1, 0.15) is 6.29 Å². The first-order valence-corrected chi connectivity index (χ1v) is 6.07. The summed E-state index contributed by atoms with van der Waals surface area (Å²) in [5, 5.41) is 14.3. The van der Waals surface area contributed by atoms with E-state index in [1.807, 2.05) is 14.0 Å². The van der Waals surface area contributed by atoms with Gasteiger partial charge in [-0.25, -0.2) is 0 Å². The van der Waals surface area contributed by atoms with Crippen LogP contribution in [0.4, 0.5) is 0 Å². The van der Waals surface area contributed by atoms with Crippen LogP contribution in [0, 0.1) is 0 Å². The molecule has 1 heterocycles. The highest BCUT2D eigenvalue weighted by atomic mass is 79.9. The summed E-state index contributed by atoms with van der Waals surface area (Å²) in [4.78, 5) is 10.4. The lowest BCUT2D eigenvalue weighted by Crippen LogP contribution is -2.28. The fraction of sp³-hybridized carbons (Fsp3) is 0.636. The van der Waals surface area contributed by atoms with Crippen molar-refractivity contribution >= 4 is 22.2 Å². The maximum atomic E-state index is 10.4. The number of rotatable bonds is 5. The van der Waals surface area contributed by atoms with Gasteiger partial charge in [0.25, 0.3) is 0 Å². The standard InChI is InChI=1S/C11H17BrN2O2/c1-4-8-10(12)9(14(3)13-8)7-11(2,16)5-6-15/h6,16H,4-5,7H2,1-3H3. The summed E-state index contributed by atoms with van der Waals surface area (Å²) in [6.45, 7) is 3.69. The number of nitrogens with zero attached hydrogens (tertiary/aromatic N) is 2. The van der Waals surface area contributed by atoms with Crippen LogP contribution in [0.1, 0.15) is 31.7 Å². The third kappa shape index (κ3) is 2.92. The fourth-order valence-electron chi connectivity index (χ4n) is 1.62. The Kier molecular flexibility index (Phi) is 4.27. The maximum absolute atomic E-state index is 10.4. The van der Waals surface area contributed by atoms with Crippen LogP contribution in [-0.2, 0) is 24.7 Å². The molecule has 16 heavy (non-hydrogen) atoms. The van der Waals surface area contributed by atoms with Gasteiger partial charge in [0, 0.05) is 19.9 Å². The molecule has 1 rings (SSSR count). The first kappa shape index (κ1) is 13.4. The smallest absolute Gasteiger partial charge is 0.122 e. The zero-order valence-electron chi connectivity index (χ0n) is 9.83. The molecule has 4 nitrogen and oxygen atoms in total. The van der Waals surface area contributed by atoms with Gasteiger partial charge in [-0.05, 0) is 29.3 Å². The van der Waals surface area contributed by atoms with E-state index in [1.165, 1.54) is 0 Å². The van der Waals surface area contributed by atoms with Crippen molar-refractivity contribution in [3.63, 3.8) is 0 Å². The van der Waals surface area contributed by atoms with Crippen molar-refractivity contribution in [2.45, 2.75) is 38.7 Å². The minimum atomic E-state index is -1.01. The fourth-order valence-corrected chi connectivity index (χ4v) is 2.38. The molecule has 0 fully saturated rings. The monoisotopic (exact) mass is 288 g/mol. The molecule has 0 saturated heterocycles. The van der Waals surface area contributed by atoms with E-state index in [0.717, 1.165) is 28.6 Å². The minimum Gasteiger partial charge on any atom is -0.389 e. The normalized spacial score (nSPS) is 14.8. The van der Waals surface area contributed by atoms with Crippen molar-refractivity contribution in [2.24, 2.45) is 7.05 Å². The van der Waals surface area contributed by atoms with E-state index in [2.05, 4.69) is 21.0 Å². The Balaban J connectivity index is 2.96. The molecule has 0 aliphatic carbocycles. The van der Waals surface area contributed by atoms with Crippen LogP contribution in [0.5, 0.6) is 0 Å². The average molecular weight is 289 g/mol. The second kappa shape index (κ2) is 5.10. The zero-order chi connectivity index (χ0) is 12.3. The first-order valence-electron chi connectivity index (χ1n) is 5.27. The molecule has 0 amide bonds. The average Bonchev–Trinajstić information content (AvgIpc) is 2.45. The zero-order valence-corrected chi connectivity index (χ0v) is 11.4. The molecule has 0 aliphatic rings. The lowest BCUT2D eigenvalue weighted by atomic mass is 9.97. The van der Waals surface area contributed by atoms with Crippen LogP contribution >= 0.6 is 15.9 Å². The Morgan fingerprint density at radius 2 is 2.25 bits per heavy atom. The van der Waals surface area contributed by atoms with Crippen molar-refractivity contribution in [3.8, 4) is 0 Å². The predicted molar refractivity (Wildman–Crippen MR) is 65.3 cm³/mol. The molecule has 0 aromatic carbocycles. The Labute approximate surface area is 104 Å². The van der Waals surface area contributed by atoms with Gasteiger partial charge in [-0.1, -0.05) is 6.92 Å². The number of halogens is 1. The van der Waals surface area contributed by atoms with Crippen LogP contribution < -0.4 is 0 Å². The third-order valence-corrected chi connectivity index (χ3v) is 3.49. The molecule has 0 spiro atoms. The highest BCUT2D eigenvalue weighted by Gasteiger charge is 2.25. The van der Waals surface area contributed by atoms with Crippen LogP contribution in [0.25, 0.3) is 0 Å². The summed E-state index contributed by atoms with van der Waals surface area (Å²) in [6, 6.07) is 0. The number of carbonyl (C=O) groups is 1. The molecule has 5 heteroatoms. The first-order chi connectivity index (χ1) is 7.41. The van der Waals surface area contributed by atoms with Crippen molar-refractivity contribution < 1.29 is 9.90 Å². The van der Waals surface area contributed by atoms with Gasteiger partial charge in [-0.15, -0.1) is 0 Å². The number of hydrogen-bond acceptors (Lipinski definition) is 3. The van der Waals surface area contributed by atoms with Gasteiger partial charge >= 0.3 is 0 Å². The number of aromatic nitrogens is 2. The molecule has 1 aromatic heterocycles. The van der Waals surface area contributed by atoms with Gasteiger partial charge in [-0.2, -0.15) is 5.10 Å². The van der Waals surface area contributed by atoms with Crippen LogP contribution in [0.3, 0.4) is 0 Å². The summed E-state index contributed by atoms with van der Waals surface area (Å²) in [7, 11) is 1.84. The Morgan fingerprint density at radius 3 is 2.69 bits per heavy atom. The maximum Gasteiger partial charge on any atom is 0.122 e. The van der Waals surface area contributed by atoms with E-state index in [-0.39, 0.29) is 6.42 Å². The molecular weight excluding hydrogens is 272 g/mol. The molecule has 1 unspecified atom stereocenters. The van der Waals surface area contributed by atoms with Crippen molar-refractivity contribution in [2.75, 3.05) is 0 Å². The molecule has 0 aliphatic heterocycles. The van der Waals surface area contributed by atoms with Gasteiger partial charge in [0.15, 0.2) is 0 Å². The van der Waals surface area contributed by atoms with Crippen molar-refractivity contribution in [1.82, 2.24) is 9.78 Å². The molecule has 0 bridgehead atoms. The number of hydrogen-bond donors (Lipinski definition) is 1. The third-order valence-electron chi connectivity index (χ3n) is 2.57. The van der Waals surface area contributed by atoms with Crippen molar-refractivity contribution in [3.05, 3.63) is 15.9 Å². The van der Waals surface area contributed by atoms with E-state index < -0.39 is 5.60 Å². The number of aryl methyl sites for hydroxylation is 2. The molecule has 1 aromatic rings. The van der Waals surface area contributed by atoms with Crippen LogP contribution in [0.15, 0.2) is 4.47 Å². The molecule has 90 valence electrons. The second-order valence-corrected chi connectivity index (χ2v) is 5.02. The summed E-state index contributed by atoms with van der Waals surface area (Å²) in [6.07, 6.45) is 2.12. The number of carbonyl (C=O) groups excluding carboxylic acids is 1. The SMILES string of the molecule is CCc1nn(C)c(CC(C)(O)CC=O)c1Br. The Hall–Kier alpha value is -0.680. The second-order valence-electron chi connectivity index (χ2n) is 4.23. The van der Waals surface area contributed by atoms with Gasteiger partial charge < -0.3 is 9.90 Å². The summed E-state index contributed by atoms with van der Waals surface area (Å²) < 4.78 is 2.69. The van der Waals surface area contributed by atoms with Crippen LogP contribution in [0.2, 0.25) is 0 Å². The molecule has 1 atom stereocenters. The highest BCUT2D eigenvalue weighted by molar-refractivity contribution is 9.10. The minimum absolute atomic E-state index is 0.131. The highest BCUT2D eigenvalue weighted by Crippen LogP contribution is 2.26. The quantitative estimate of drug-likeness (QED) is 0.838. The summed E-state index contributed by atoms with van der Waals surface area (Å²) in [5.74, 6) is 0. The van der Waals surface area contributed by atoms with Crippen LogP contribution in [-0.4, -0.2) is 26.8 Å². The van der Waals surface area contributed by atoms with E-state index >= 15 is 0 Å². The molecule has 0 radical (unpaired) electrons. The lowest BCUT2D eigenvalue weighted by Gasteiger charge is -2.20. The van der Waals surface area contributed by atoms with E-state index in [9.17, 15) is 9.90 Å². The Morgan fingerprint density at radius 1 is 1.62 bits per heavy atom. The van der Waals surface area contributed by atoms with E-state index in [4.69, 9.17) is 0 Å². The van der Waals surface area contributed by atoms with E-state index in [0.29, 0.717) is 6.42 Å². The largest absolute Gasteiger partial charge is 0.389 e. The van der Waals surface area contributed by atoms with Gasteiger partial charge in [0.2, 0.25) is 0 Å². The lowest BCUT2D eigenvalue weighted by molar-refractivity contribution is -0.111. The summed E-state index contributed by atoms with van der Waals surface area (Å²) >= 11 is 3.48. The van der Waals surface area contributed by atoms with Crippen molar-refractivity contribution in [1.29, 1.82) is 0 Å². The molecular formula is C11H17BrN2O2. The summed E-state index contributed by atoms with van der Waals surface area (Å²) in [5.41, 5.74) is 0.881. The van der Waals surface area contributed by atoms with E-state index in [1.54, 1.807) is 11.6 Å². The van der Waals surface area contributed by atoms with Gasteiger partial charge in [-0.3, -0.25) is 4.68 Å².